The summed E-state index contributed by atoms with van der Waals surface area (Å²) in [6.07, 6.45) is 8.57. The molecule has 1 heterocycles. The van der Waals surface area contributed by atoms with E-state index in [0.29, 0.717) is 6.42 Å². The monoisotopic (exact) mass is 212 g/mol. The normalized spacial score (nSPS) is 10.8. The summed E-state index contributed by atoms with van der Waals surface area (Å²) in [6.45, 7) is 0. The quantitative estimate of drug-likeness (QED) is 0.792. The summed E-state index contributed by atoms with van der Waals surface area (Å²) in [5.41, 5.74) is 3.19. The van der Waals surface area contributed by atoms with Crippen LogP contribution in [0, 0.1) is 0 Å². The summed E-state index contributed by atoms with van der Waals surface area (Å²) in [7, 11) is 0. The number of hydrogen-bond acceptors (Lipinski definition) is 2. The highest BCUT2D eigenvalue weighted by molar-refractivity contribution is 5.63. The van der Waals surface area contributed by atoms with Crippen molar-refractivity contribution >= 4 is 12.4 Å². The number of aromatic amines is 1. The minimum absolute atomic E-state index is 0.461. The van der Waals surface area contributed by atoms with Crippen LogP contribution in [0.5, 0.6) is 0 Å². The van der Waals surface area contributed by atoms with Gasteiger partial charge in [0, 0.05) is 6.42 Å². The first-order chi connectivity index (χ1) is 7.90. The number of H-pyrrole nitrogens is 1. The zero-order chi connectivity index (χ0) is 11.2. The fourth-order valence-electron chi connectivity index (χ4n) is 1.45. The Labute approximate surface area is 93.8 Å². The summed E-state index contributed by atoms with van der Waals surface area (Å²) in [6, 6.07) is 8.07. The topological polar surface area (TPSA) is 45.8 Å². The number of aromatic nitrogens is 2. The molecule has 0 bridgehead atoms. The Hall–Kier alpha value is -2.16. The number of allylic oxidation sites excluding steroid dienone is 1. The second-order valence-corrected chi connectivity index (χ2v) is 3.39. The molecular weight excluding hydrogens is 200 g/mol. The highest BCUT2D eigenvalue weighted by Crippen LogP contribution is 2.16. The van der Waals surface area contributed by atoms with E-state index in [1.807, 2.05) is 36.4 Å². The van der Waals surface area contributed by atoms with Crippen molar-refractivity contribution in [1.82, 2.24) is 9.97 Å². The van der Waals surface area contributed by atoms with Crippen LogP contribution in [0.25, 0.3) is 17.3 Å². The molecule has 2 rings (SSSR count). The van der Waals surface area contributed by atoms with Crippen LogP contribution in [0.3, 0.4) is 0 Å². The van der Waals surface area contributed by atoms with Gasteiger partial charge in [0.1, 0.15) is 6.29 Å². The Kier molecular flexibility index (Phi) is 3.28. The standard InChI is InChI=1S/C13H12N2O/c16-8-2-1-3-11-4-6-12(7-5-11)13-9-14-10-15-13/h1,3-10H,2H2,(H,14,15). The highest BCUT2D eigenvalue weighted by atomic mass is 16.1. The van der Waals surface area contributed by atoms with Gasteiger partial charge in [-0.25, -0.2) is 4.98 Å². The predicted molar refractivity (Wildman–Crippen MR) is 63.7 cm³/mol. The molecular formula is C13H12N2O. The number of imidazole rings is 1. The number of hydrogen-bond donors (Lipinski definition) is 1. The molecule has 0 spiro atoms. The number of nitrogens with zero attached hydrogens (tertiary/aromatic N) is 1. The van der Waals surface area contributed by atoms with Gasteiger partial charge in [0.25, 0.3) is 0 Å². The zero-order valence-corrected chi connectivity index (χ0v) is 8.76. The van der Waals surface area contributed by atoms with Crippen LogP contribution in [0.1, 0.15) is 12.0 Å². The van der Waals surface area contributed by atoms with Crippen LogP contribution < -0.4 is 0 Å². The average Bonchev–Trinajstić information content (AvgIpc) is 2.84. The maximum absolute atomic E-state index is 10.1. The van der Waals surface area contributed by atoms with E-state index in [-0.39, 0.29) is 0 Å². The molecule has 0 unspecified atom stereocenters. The van der Waals surface area contributed by atoms with E-state index in [0.717, 1.165) is 23.1 Å². The number of nitrogens with one attached hydrogen (secondary N) is 1. The Bertz CT molecular complexity index is 469. The molecule has 0 aliphatic heterocycles. The summed E-state index contributed by atoms with van der Waals surface area (Å²) >= 11 is 0. The predicted octanol–water partition coefficient (Wildman–Crippen LogP) is 2.68. The maximum Gasteiger partial charge on any atom is 0.123 e. The van der Waals surface area contributed by atoms with Gasteiger partial charge in [-0.2, -0.15) is 0 Å². The number of rotatable bonds is 4. The van der Waals surface area contributed by atoms with Crippen LogP contribution in [0.4, 0.5) is 0 Å². The van der Waals surface area contributed by atoms with Gasteiger partial charge >= 0.3 is 0 Å². The van der Waals surface area contributed by atoms with E-state index in [1.54, 1.807) is 12.5 Å². The molecule has 1 aromatic carbocycles. The van der Waals surface area contributed by atoms with E-state index in [2.05, 4.69) is 9.97 Å². The molecule has 0 aliphatic rings. The Balaban J connectivity index is 2.13. The van der Waals surface area contributed by atoms with Crippen LogP contribution in [-0.2, 0) is 4.79 Å². The second kappa shape index (κ2) is 5.07. The van der Waals surface area contributed by atoms with Crippen molar-refractivity contribution in [3.8, 4) is 11.3 Å². The lowest BCUT2D eigenvalue weighted by atomic mass is 10.1. The van der Waals surface area contributed by atoms with Gasteiger partial charge in [-0.1, -0.05) is 36.4 Å². The molecule has 1 aromatic heterocycles. The van der Waals surface area contributed by atoms with Gasteiger partial charge in [-0.15, -0.1) is 0 Å². The van der Waals surface area contributed by atoms with Crippen molar-refractivity contribution in [3.05, 3.63) is 48.4 Å². The van der Waals surface area contributed by atoms with Crippen molar-refractivity contribution in [2.45, 2.75) is 6.42 Å². The summed E-state index contributed by atoms with van der Waals surface area (Å²) in [4.78, 5) is 17.2. The molecule has 3 heteroatoms. The first-order valence-electron chi connectivity index (χ1n) is 5.09. The minimum Gasteiger partial charge on any atom is -0.345 e. The van der Waals surface area contributed by atoms with E-state index < -0.39 is 0 Å². The molecule has 2 aromatic rings. The molecule has 80 valence electrons. The minimum atomic E-state index is 0.461. The SMILES string of the molecule is O=CCC=Cc1ccc(-c2cnc[nH]2)cc1. The van der Waals surface area contributed by atoms with Gasteiger partial charge in [0.15, 0.2) is 0 Å². The molecule has 3 nitrogen and oxygen atoms in total. The Morgan fingerprint density at radius 3 is 2.69 bits per heavy atom. The summed E-state index contributed by atoms with van der Waals surface area (Å²) in [5, 5.41) is 0. The fourth-order valence-corrected chi connectivity index (χ4v) is 1.45. The van der Waals surface area contributed by atoms with Gasteiger partial charge in [-0.3, -0.25) is 0 Å². The third-order valence-electron chi connectivity index (χ3n) is 2.26. The Morgan fingerprint density at radius 2 is 2.06 bits per heavy atom. The van der Waals surface area contributed by atoms with E-state index >= 15 is 0 Å². The molecule has 0 amide bonds. The van der Waals surface area contributed by atoms with Crippen molar-refractivity contribution in [3.63, 3.8) is 0 Å². The number of benzene rings is 1. The van der Waals surface area contributed by atoms with E-state index in [9.17, 15) is 4.79 Å². The highest BCUT2D eigenvalue weighted by Gasteiger charge is 1.96. The molecule has 0 radical (unpaired) electrons. The van der Waals surface area contributed by atoms with Crippen LogP contribution in [0.15, 0.2) is 42.9 Å². The lowest BCUT2D eigenvalue weighted by Crippen LogP contribution is -1.78. The van der Waals surface area contributed by atoms with Crippen molar-refractivity contribution in [2.75, 3.05) is 0 Å². The number of carbonyl (C=O) groups is 1. The summed E-state index contributed by atoms with van der Waals surface area (Å²) in [5.74, 6) is 0. The van der Waals surface area contributed by atoms with Crippen molar-refractivity contribution < 1.29 is 4.79 Å². The van der Waals surface area contributed by atoms with Gasteiger partial charge in [0.2, 0.25) is 0 Å². The largest absolute Gasteiger partial charge is 0.345 e. The first kappa shape index (κ1) is 10.4. The smallest absolute Gasteiger partial charge is 0.123 e. The third kappa shape index (κ3) is 2.45. The van der Waals surface area contributed by atoms with Crippen molar-refractivity contribution in [2.24, 2.45) is 0 Å². The lowest BCUT2D eigenvalue weighted by molar-refractivity contribution is -0.107. The van der Waals surface area contributed by atoms with Crippen LogP contribution >= 0.6 is 0 Å². The lowest BCUT2D eigenvalue weighted by Gasteiger charge is -1.98. The number of carbonyl (C=O) groups excluding carboxylic acids is 1. The van der Waals surface area contributed by atoms with Gasteiger partial charge < -0.3 is 9.78 Å². The number of aldehydes is 1. The molecule has 0 saturated carbocycles. The van der Waals surface area contributed by atoms with Crippen LogP contribution in [0.2, 0.25) is 0 Å². The molecule has 16 heavy (non-hydrogen) atoms. The maximum atomic E-state index is 10.1. The second-order valence-electron chi connectivity index (χ2n) is 3.39. The van der Waals surface area contributed by atoms with Gasteiger partial charge in [0.05, 0.1) is 18.2 Å². The van der Waals surface area contributed by atoms with Crippen molar-refractivity contribution in [1.29, 1.82) is 0 Å². The zero-order valence-electron chi connectivity index (χ0n) is 8.76. The average molecular weight is 212 g/mol. The molecule has 0 aliphatic carbocycles. The molecule has 0 atom stereocenters. The Morgan fingerprint density at radius 1 is 1.25 bits per heavy atom. The van der Waals surface area contributed by atoms with E-state index in [4.69, 9.17) is 0 Å². The van der Waals surface area contributed by atoms with E-state index in [1.165, 1.54) is 0 Å². The fraction of sp³-hybridized carbons (Fsp3) is 0.0769. The summed E-state index contributed by atoms with van der Waals surface area (Å²) < 4.78 is 0. The molecule has 1 N–H and O–H groups in total. The van der Waals surface area contributed by atoms with Crippen LogP contribution in [-0.4, -0.2) is 16.3 Å². The first-order valence-corrected chi connectivity index (χ1v) is 5.09. The molecule has 0 fully saturated rings. The third-order valence-corrected chi connectivity index (χ3v) is 2.26. The molecule has 0 saturated heterocycles. The van der Waals surface area contributed by atoms with Gasteiger partial charge in [-0.05, 0) is 11.1 Å².